The van der Waals surface area contributed by atoms with E-state index in [9.17, 15) is 4.79 Å². The summed E-state index contributed by atoms with van der Waals surface area (Å²) in [5, 5.41) is 11.6. The number of nitrogens with one attached hydrogen (secondary N) is 1. The van der Waals surface area contributed by atoms with E-state index in [2.05, 4.69) is 5.32 Å². The molecule has 0 bridgehead atoms. The van der Waals surface area contributed by atoms with E-state index in [1.807, 2.05) is 12.1 Å². The lowest BCUT2D eigenvalue weighted by atomic mass is 10.1. The maximum atomic E-state index is 12.1. The van der Waals surface area contributed by atoms with Gasteiger partial charge in [0.1, 0.15) is 0 Å². The van der Waals surface area contributed by atoms with Crippen LogP contribution in [0.1, 0.15) is 11.1 Å². The summed E-state index contributed by atoms with van der Waals surface area (Å²) in [6.45, 7) is 0. The first-order chi connectivity index (χ1) is 10.7. The molecule has 1 N–H and O–H groups in total. The number of carbonyl (C=O) groups excluding carboxylic acids is 1. The van der Waals surface area contributed by atoms with Crippen molar-refractivity contribution in [3.8, 4) is 17.6 Å². The number of carbonyl (C=O) groups is 1. The summed E-state index contributed by atoms with van der Waals surface area (Å²) >= 11 is 0. The summed E-state index contributed by atoms with van der Waals surface area (Å²) in [4.78, 5) is 12.1. The number of anilines is 1. The average Bonchev–Trinajstić information content (AvgIpc) is 2.54. The SMILES string of the molecule is COc1ccc(CC(=O)Nc2cccc(C#N)c2)cc1OC. The van der Waals surface area contributed by atoms with Gasteiger partial charge in [-0.1, -0.05) is 12.1 Å². The quantitative estimate of drug-likeness (QED) is 0.921. The van der Waals surface area contributed by atoms with Crippen LogP contribution in [-0.2, 0) is 11.2 Å². The van der Waals surface area contributed by atoms with Crippen LogP contribution in [0.5, 0.6) is 11.5 Å². The average molecular weight is 296 g/mol. The lowest BCUT2D eigenvalue weighted by molar-refractivity contribution is -0.115. The first kappa shape index (κ1) is 15.4. The van der Waals surface area contributed by atoms with Gasteiger partial charge in [0.05, 0.1) is 32.3 Å². The zero-order valence-corrected chi connectivity index (χ0v) is 12.4. The van der Waals surface area contributed by atoms with Gasteiger partial charge in [0, 0.05) is 5.69 Å². The highest BCUT2D eigenvalue weighted by Crippen LogP contribution is 2.27. The van der Waals surface area contributed by atoms with Crippen molar-refractivity contribution in [3.05, 3.63) is 53.6 Å². The molecule has 2 rings (SSSR count). The van der Waals surface area contributed by atoms with Gasteiger partial charge in [-0.15, -0.1) is 0 Å². The zero-order valence-electron chi connectivity index (χ0n) is 12.4. The molecule has 0 spiro atoms. The lowest BCUT2D eigenvalue weighted by Gasteiger charge is -2.10. The van der Waals surface area contributed by atoms with E-state index in [1.165, 1.54) is 0 Å². The third kappa shape index (κ3) is 3.76. The van der Waals surface area contributed by atoms with Crippen LogP contribution in [0.15, 0.2) is 42.5 Å². The second-order valence-electron chi connectivity index (χ2n) is 4.61. The Kier molecular flexibility index (Phi) is 4.99. The minimum Gasteiger partial charge on any atom is -0.493 e. The van der Waals surface area contributed by atoms with Crippen LogP contribution in [-0.4, -0.2) is 20.1 Å². The van der Waals surface area contributed by atoms with E-state index in [-0.39, 0.29) is 12.3 Å². The standard InChI is InChI=1S/C17H16N2O3/c1-21-15-7-6-12(9-16(15)22-2)10-17(20)19-14-5-3-4-13(8-14)11-18/h3-9H,10H2,1-2H3,(H,19,20). The molecular weight excluding hydrogens is 280 g/mol. The molecule has 22 heavy (non-hydrogen) atoms. The highest BCUT2D eigenvalue weighted by Gasteiger charge is 2.09. The van der Waals surface area contributed by atoms with Crippen LogP contribution in [0.25, 0.3) is 0 Å². The molecule has 0 saturated heterocycles. The number of benzene rings is 2. The summed E-state index contributed by atoms with van der Waals surface area (Å²) in [6.07, 6.45) is 0.205. The van der Waals surface area contributed by atoms with Crippen LogP contribution < -0.4 is 14.8 Å². The zero-order chi connectivity index (χ0) is 15.9. The molecule has 2 aromatic carbocycles. The maximum absolute atomic E-state index is 12.1. The van der Waals surface area contributed by atoms with Crippen LogP contribution >= 0.6 is 0 Å². The Bertz CT molecular complexity index is 720. The highest BCUT2D eigenvalue weighted by molar-refractivity contribution is 5.92. The molecule has 0 fully saturated rings. The van der Waals surface area contributed by atoms with E-state index < -0.39 is 0 Å². The van der Waals surface area contributed by atoms with Crippen LogP contribution in [0.4, 0.5) is 5.69 Å². The second-order valence-corrected chi connectivity index (χ2v) is 4.61. The molecule has 0 unspecified atom stereocenters. The number of nitrogens with zero attached hydrogens (tertiary/aromatic N) is 1. The first-order valence-electron chi connectivity index (χ1n) is 6.67. The van der Waals surface area contributed by atoms with Crippen LogP contribution in [0.2, 0.25) is 0 Å². The van der Waals surface area contributed by atoms with Gasteiger partial charge in [0.25, 0.3) is 0 Å². The van der Waals surface area contributed by atoms with Gasteiger partial charge in [-0.3, -0.25) is 4.79 Å². The normalized spacial score (nSPS) is 9.68. The molecule has 112 valence electrons. The van der Waals surface area contributed by atoms with Crippen molar-refractivity contribution in [1.29, 1.82) is 5.26 Å². The molecule has 5 nitrogen and oxygen atoms in total. The molecule has 0 aliphatic carbocycles. The number of ether oxygens (including phenoxy) is 2. The van der Waals surface area contributed by atoms with Gasteiger partial charge in [-0.25, -0.2) is 0 Å². The lowest BCUT2D eigenvalue weighted by Crippen LogP contribution is -2.14. The predicted molar refractivity (Wildman–Crippen MR) is 83.0 cm³/mol. The summed E-state index contributed by atoms with van der Waals surface area (Å²) in [5.41, 5.74) is 1.92. The third-order valence-corrected chi connectivity index (χ3v) is 3.09. The van der Waals surface area contributed by atoms with Crippen molar-refractivity contribution in [2.75, 3.05) is 19.5 Å². The highest BCUT2D eigenvalue weighted by atomic mass is 16.5. The topological polar surface area (TPSA) is 71.3 Å². The molecule has 1 amide bonds. The number of methoxy groups -OCH3 is 2. The van der Waals surface area contributed by atoms with Crippen molar-refractivity contribution in [1.82, 2.24) is 0 Å². The van der Waals surface area contributed by atoms with Gasteiger partial charge >= 0.3 is 0 Å². The number of amides is 1. The Hall–Kier alpha value is -3.00. The Labute approximate surface area is 129 Å². The fourth-order valence-corrected chi connectivity index (χ4v) is 2.05. The van der Waals surface area contributed by atoms with Gasteiger partial charge in [0.2, 0.25) is 5.91 Å². The van der Waals surface area contributed by atoms with Crippen molar-refractivity contribution in [2.24, 2.45) is 0 Å². The minimum atomic E-state index is -0.165. The fraction of sp³-hybridized carbons (Fsp3) is 0.176. The first-order valence-corrected chi connectivity index (χ1v) is 6.67. The van der Waals surface area contributed by atoms with E-state index in [0.717, 1.165) is 5.56 Å². The fourth-order valence-electron chi connectivity index (χ4n) is 2.05. The van der Waals surface area contributed by atoms with Gasteiger partial charge in [-0.2, -0.15) is 5.26 Å². The molecule has 2 aromatic rings. The van der Waals surface area contributed by atoms with Crippen molar-refractivity contribution < 1.29 is 14.3 Å². The molecule has 0 saturated carbocycles. The Balaban J connectivity index is 2.07. The Morgan fingerprint density at radius 2 is 1.91 bits per heavy atom. The van der Waals surface area contributed by atoms with Gasteiger partial charge < -0.3 is 14.8 Å². The van der Waals surface area contributed by atoms with E-state index in [1.54, 1.807) is 50.6 Å². The number of hydrogen-bond acceptors (Lipinski definition) is 4. The maximum Gasteiger partial charge on any atom is 0.228 e. The summed E-state index contributed by atoms with van der Waals surface area (Å²) in [7, 11) is 3.11. The van der Waals surface area contributed by atoms with Gasteiger partial charge in [0.15, 0.2) is 11.5 Å². The van der Waals surface area contributed by atoms with E-state index in [4.69, 9.17) is 14.7 Å². The smallest absolute Gasteiger partial charge is 0.228 e. The number of rotatable bonds is 5. The molecule has 0 heterocycles. The van der Waals surface area contributed by atoms with E-state index >= 15 is 0 Å². The van der Waals surface area contributed by atoms with Crippen molar-refractivity contribution in [3.63, 3.8) is 0 Å². The Morgan fingerprint density at radius 3 is 2.59 bits per heavy atom. The summed E-state index contributed by atoms with van der Waals surface area (Å²) in [5.74, 6) is 1.04. The van der Waals surface area contributed by atoms with Crippen LogP contribution in [0, 0.1) is 11.3 Å². The number of hydrogen-bond donors (Lipinski definition) is 1. The largest absolute Gasteiger partial charge is 0.493 e. The minimum absolute atomic E-state index is 0.165. The van der Waals surface area contributed by atoms with Crippen molar-refractivity contribution >= 4 is 11.6 Å². The van der Waals surface area contributed by atoms with Crippen molar-refractivity contribution in [2.45, 2.75) is 6.42 Å². The molecule has 0 aliphatic heterocycles. The molecule has 5 heteroatoms. The Morgan fingerprint density at radius 1 is 1.14 bits per heavy atom. The van der Waals surface area contributed by atoms with Gasteiger partial charge in [-0.05, 0) is 35.9 Å². The van der Waals surface area contributed by atoms with Crippen LogP contribution in [0.3, 0.4) is 0 Å². The van der Waals surface area contributed by atoms with E-state index in [0.29, 0.717) is 22.7 Å². The number of nitriles is 1. The summed E-state index contributed by atoms with van der Waals surface area (Å²) < 4.78 is 10.4. The summed E-state index contributed by atoms with van der Waals surface area (Å²) in [6, 6.07) is 14.2. The third-order valence-electron chi connectivity index (χ3n) is 3.09. The molecule has 0 aliphatic rings. The predicted octanol–water partition coefficient (Wildman–Crippen LogP) is 2.76. The second kappa shape index (κ2) is 7.14. The molecule has 0 atom stereocenters. The molecular formula is C17H16N2O3. The molecule has 0 aromatic heterocycles. The molecule has 0 radical (unpaired) electrons. The monoisotopic (exact) mass is 296 g/mol.